The molecule has 2 aromatic carbocycles. The van der Waals surface area contributed by atoms with Gasteiger partial charge in [-0.25, -0.2) is 8.42 Å². The molecular formula is C23H29N5O2S. The molecule has 7 nitrogen and oxygen atoms in total. The molecule has 164 valence electrons. The number of nitrogens with one attached hydrogen (secondary N) is 2. The minimum atomic E-state index is -3.66. The van der Waals surface area contributed by atoms with E-state index in [9.17, 15) is 8.42 Å². The van der Waals surface area contributed by atoms with Gasteiger partial charge in [-0.15, -0.1) is 0 Å². The molecule has 0 fully saturated rings. The molecule has 0 saturated carbocycles. The van der Waals surface area contributed by atoms with Gasteiger partial charge in [0.1, 0.15) is 0 Å². The normalized spacial score (nSPS) is 16.5. The first-order valence-corrected chi connectivity index (χ1v) is 12.0. The summed E-state index contributed by atoms with van der Waals surface area (Å²) < 4.78 is 29.0. The zero-order valence-electron chi connectivity index (χ0n) is 18.0. The van der Waals surface area contributed by atoms with Crippen molar-refractivity contribution in [2.75, 3.05) is 45.2 Å². The molecule has 3 aromatic rings. The van der Waals surface area contributed by atoms with Gasteiger partial charge in [0, 0.05) is 69.8 Å². The highest BCUT2D eigenvalue weighted by atomic mass is 32.2. The van der Waals surface area contributed by atoms with E-state index in [2.05, 4.69) is 15.6 Å². The van der Waals surface area contributed by atoms with Gasteiger partial charge in [0.25, 0.3) is 0 Å². The number of rotatable bonds is 3. The predicted octanol–water partition coefficient (Wildman–Crippen LogP) is 2.18. The highest BCUT2D eigenvalue weighted by Gasteiger charge is 2.26. The maximum Gasteiger partial charge on any atom is 0.243 e. The molecule has 4 rings (SSSR count). The molecule has 31 heavy (non-hydrogen) atoms. The van der Waals surface area contributed by atoms with E-state index in [0.29, 0.717) is 44.2 Å². The van der Waals surface area contributed by atoms with E-state index in [-0.39, 0.29) is 0 Å². The van der Waals surface area contributed by atoms with Crippen LogP contribution in [0.4, 0.5) is 5.69 Å². The van der Waals surface area contributed by atoms with Crippen molar-refractivity contribution in [1.82, 2.24) is 19.9 Å². The molecule has 0 unspecified atom stereocenters. The van der Waals surface area contributed by atoms with Gasteiger partial charge in [0.15, 0.2) is 0 Å². The fourth-order valence-corrected chi connectivity index (χ4v) is 5.59. The molecule has 1 aliphatic rings. The van der Waals surface area contributed by atoms with Crippen LogP contribution in [0.5, 0.6) is 0 Å². The van der Waals surface area contributed by atoms with Crippen LogP contribution in [0.2, 0.25) is 0 Å². The summed E-state index contributed by atoms with van der Waals surface area (Å²) in [5.74, 6) is 0. The van der Waals surface area contributed by atoms with E-state index in [4.69, 9.17) is 0 Å². The third-order valence-corrected chi connectivity index (χ3v) is 7.47. The SMILES string of the molecule is CN(C)c1cccc2c(S(=O)(=O)N3CCNCc4cccc(n4)CNCC3)cccc12. The number of fused-ring (bicyclic) bond motifs is 3. The fraction of sp³-hybridized carbons (Fsp3) is 0.348. The molecule has 2 heterocycles. The Morgan fingerprint density at radius 3 is 2.06 bits per heavy atom. The van der Waals surface area contributed by atoms with Crippen LogP contribution in [-0.4, -0.2) is 58.0 Å². The van der Waals surface area contributed by atoms with Crippen LogP contribution >= 0.6 is 0 Å². The summed E-state index contributed by atoms with van der Waals surface area (Å²) in [6.45, 7) is 3.13. The maximum absolute atomic E-state index is 13.7. The van der Waals surface area contributed by atoms with Crippen molar-refractivity contribution < 1.29 is 8.42 Å². The largest absolute Gasteiger partial charge is 0.377 e. The molecule has 0 spiro atoms. The first kappa shape index (κ1) is 21.7. The van der Waals surface area contributed by atoms with E-state index < -0.39 is 10.0 Å². The highest BCUT2D eigenvalue weighted by molar-refractivity contribution is 7.89. The molecule has 2 N–H and O–H groups in total. The standard InChI is InChI=1S/C23H29N5O2S/c1-27(2)22-10-4-9-21-20(22)8-5-11-23(21)31(29,30)28-14-12-24-16-18-6-3-7-19(26-18)17-25-13-15-28/h3-11,24-25H,12-17H2,1-2H3. The van der Waals surface area contributed by atoms with Crippen molar-refractivity contribution in [2.45, 2.75) is 18.0 Å². The number of hydrogen-bond acceptors (Lipinski definition) is 6. The minimum Gasteiger partial charge on any atom is -0.377 e. The number of benzene rings is 2. The number of nitrogens with zero attached hydrogens (tertiary/aromatic N) is 3. The van der Waals surface area contributed by atoms with Crippen LogP contribution in [-0.2, 0) is 23.1 Å². The van der Waals surface area contributed by atoms with Gasteiger partial charge in [-0.3, -0.25) is 4.98 Å². The molecule has 0 atom stereocenters. The van der Waals surface area contributed by atoms with Crippen LogP contribution in [0.25, 0.3) is 10.8 Å². The number of sulfonamides is 1. The third-order valence-electron chi connectivity index (χ3n) is 5.51. The van der Waals surface area contributed by atoms with E-state index in [1.54, 1.807) is 10.4 Å². The topological polar surface area (TPSA) is 77.6 Å². The van der Waals surface area contributed by atoms with Crippen molar-refractivity contribution >= 4 is 26.5 Å². The summed E-state index contributed by atoms with van der Waals surface area (Å²) >= 11 is 0. The average molecular weight is 440 g/mol. The van der Waals surface area contributed by atoms with Crippen molar-refractivity contribution in [3.8, 4) is 0 Å². The lowest BCUT2D eigenvalue weighted by molar-refractivity contribution is 0.396. The number of hydrogen-bond donors (Lipinski definition) is 2. The van der Waals surface area contributed by atoms with Gasteiger partial charge in [-0.05, 0) is 24.3 Å². The van der Waals surface area contributed by atoms with E-state index in [0.717, 1.165) is 27.8 Å². The van der Waals surface area contributed by atoms with Crippen molar-refractivity contribution in [2.24, 2.45) is 0 Å². The van der Waals surface area contributed by atoms with Gasteiger partial charge in [-0.1, -0.05) is 30.3 Å². The van der Waals surface area contributed by atoms with Crippen molar-refractivity contribution in [3.63, 3.8) is 0 Å². The molecule has 8 heteroatoms. The minimum absolute atomic E-state index is 0.354. The first-order chi connectivity index (χ1) is 15.0. The summed E-state index contributed by atoms with van der Waals surface area (Å²) in [4.78, 5) is 6.98. The second-order valence-corrected chi connectivity index (χ2v) is 9.81. The van der Waals surface area contributed by atoms with Crippen LogP contribution in [0.1, 0.15) is 11.4 Å². The lowest BCUT2D eigenvalue weighted by atomic mass is 10.1. The van der Waals surface area contributed by atoms with Crippen molar-refractivity contribution in [3.05, 3.63) is 66.0 Å². The van der Waals surface area contributed by atoms with Gasteiger partial charge in [0.05, 0.1) is 16.3 Å². The van der Waals surface area contributed by atoms with Crippen molar-refractivity contribution in [1.29, 1.82) is 0 Å². The molecule has 0 saturated heterocycles. The van der Waals surface area contributed by atoms with Crippen LogP contribution in [0.3, 0.4) is 0 Å². The quantitative estimate of drug-likeness (QED) is 0.652. The van der Waals surface area contributed by atoms with Gasteiger partial charge in [0.2, 0.25) is 10.0 Å². The van der Waals surface area contributed by atoms with E-state index >= 15 is 0 Å². The molecular weight excluding hydrogens is 410 g/mol. The molecule has 0 amide bonds. The number of pyridine rings is 1. The van der Waals surface area contributed by atoms with Gasteiger partial charge >= 0.3 is 0 Å². The Bertz CT molecular complexity index is 1140. The maximum atomic E-state index is 13.7. The van der Waals surface area contributed by atoms with E-state index in [1.165, 1.54) is 0 Å². The summed E-state index contributed by atoms with van der Waals surface area (Å²) in [6, 6.07) is 17.3. The molecule has 1 aromatic heterocycles. The second kappa shape index (κ2) is 9.32. The zero-order valence-corrected chi connectivity index (χ0v) is 18.8. The lowest BCUT2D eigenvalue weighted by Crippen LogP contribution is -2.41. The van der Waals surface area contributed by atoms with Crippen LogP contribution < -0.4 is 15.5 Å². The van der Waals surface area contributed by atoms with Crippen LogP contribution in [0.15, 0.2) is 59.5 Å². The lowest BCUT2D eigenvalue weighted by Gasteiger charge is -2.24. The molecule has 0 radical (unpaired) electrons. The Balaban J connectivity index is 1.64. The van der Waals surface area contributed by atoms with Gasteiger partial charge < -0.3 is 15.5 Å². The van der Waals surface area contributed by atoms with Crippen LogP contribution in [0, 0.1) is 0 Å². The smallest absolute Gasteiger partial charge is 0.243 e. The van der Waals surface area contributed by atoms with Gasteiger partial charge in [-0.2, -0.15) is 4.31 Å². The second-order valence-electron chi connectivity index (χ2n) is 7.90. The zero-order chi connectivity index (χ0) is 21.8. The Hall–Kier alpha value is -2.52. The third kappa shape index (κ3) is 4.72. The monoisotopic (exact) mass is 439 g/mol. The summed E-state index contributed by atoms with van der Waals surface area (Å²) in [6.07, 6.45) is 0. The Labute approximate surface area is 184 Å². The Kier molecular flexibility index (Phi) is 6.52. The fourth-order valence-electron chi connectivity index (χ4n) is 3.94. The first-order valence-electron chi connectivity index (χ1n) is 10.5. The molecule has 1 aliphatic heterocycles. The van der Waals surface area contributed by atoms with E-state index in [1.807, 2.05) is 67.5 Å². The molecule has 0 aliphatic carbocycles. The summed E-state index contributed by atoms with van der Waals surface area (Å²) in [7, 11) is 0.270. The number of anilines is 1. The summed E-state index contributed by atoms with van der Waals surface area (Å²) in [5.41, 5.74) is 2.92. The predicted molar refractivity (Wildman–Crippen MR) is 125 cm³/mol. The number of aromatic nitrogens is 1. The average Bonchev–Trinajstić information content (AvgIpc) is 2.76. The molecule has 2 bridgehead atoms. The Morgan fingerprint density at radius 1 is 0.839 bits per heavy atom. The highest BCUT2D eigenvalue weighted by Crippen LogP contribution is 2.31. The Morgan fingerprint density at radius 2 is 1.42 bits per heavy atom. The summed E-state index contributed by atoms with van der Waals surface area (Å²) in [5, 5.41) is 8.35.